The number of nitrogens with two attached hydrogens (primary N) is 1. The van der Waals surface area contributed by atoms with Gasteiger partial charge in [0.05, 0.1) is 0 Å². The van der Waals surface area contributed by atoms with Gasteiger partial charge in [-0.2, -0.15) is 0 Å². The lowest BCUT2D eigenvalue weighted by atomic mass is 10.1. The Labute approximate surface area is 103 Å². The van der Waals surface area contributed by atoms with Crippen molar-refractivity contribution >= 4 is 11.5 Å². The van der Waals surface area contributed by atoms with E-state index in [9.17, 15) is 0 Å². The van der Waals surface area contributed by atoms with E-state index >= 15 is 0 Å². The molecule has 0 unspecified atom stereocenters. The molecule has 0 bridgehead atoms. The Morgan fingerprint density at radius 2 is 2.12 bits per heavy atom. The second kappa shape index (κ2) is 6.13. The van der Waals surface area contributed by atoms with E-state index in [0.29, 0.717) is 0 Å². The van der Waals surface area contributed by atoms with E-state index in [1.54, 1.807) is 0 Å². The first kappa shape index (κ1) is 13.4. The molecule has 1 aromatic rings. The third-order valence-corrected chi connectivity index (χ3v) is 2.83. The molecule has 0 spiro atoms. The number of rotatable bonds is 5. The van der Waals surface area contributed by atoms with Crippen LogP contribution in [0.5, 0.6) is 0 Å². The Bertz CT molecular complexity index is 402. The number of hydrogen-bond donors (Lipinski definition) is 2. The van der Waals surface area contributed by atoms with Crippen LogP contribution in [0.1, 0.15) is 31.4 Å². The highest BCUT2D eigenvalue weighted by Crippen LogP contribution is 2.19. The fourth-order valence-electron chi connectivity index (χ4n) is 1.93. The molecule has 4 heteroatoms. The van der Waals surface area contributed by atoms with Crippen molar-refractivity contribution in [3.05, 3.63) is 29.3 Å². The quantitative estimate of drug-likeness (QED) is 0.356. The van der Waals surface area contributed by atoms with Crippen molar-refractivity contribution in [3.8, 4) is 0 Å². The number of nitrogens with zero attached hydrogens (tertiary/aromatic N) is 2. The van der Waals surface area contributed by atoms with Crippen molar-refractivity contribution in [3.63, 3.8) is 0 Å². The molecule has 0 aliphatic heterocycles. The van der Waals surface area contributed by atoms with E-state index in [1.165, 1.54) is 5.69 Å². The Morgan fingerprint density at radius 3 is 2.59 bits per heavy atom. The van der Waals surface area contributed by atoms with Crippen molar-refractivity contribution in [1.29, 1.82) is 0 Å². The molecule has 1 rings (SSSR count). The molecule has 0 atom stereocenters. The van der Waals surface area contributed by atoms with Crippen LogP contribution in [0.3, 0.4) is 0 Å². The van der Waals surface area contributed by atoms with Crippen molar-refractivity contribution < 1.29 is 5.21 Å². The van der Waals surface area contributed by atoms with Gasteiger partial charge in [-0.3, -0.25) is 0 Å². The maximum Gasteiger partial charge on any atom is 0.170 e. The van der Waals surface area contributed by atoms with Crippen LogP contribution in [0, 0.1) is 6.92 Å². The SMILES string of the molecule is CCCN(CC)c1ccc(/C(N)=N/O)c(C)c1. The van der Waals surface area contributed by atoms with E-state index < -0.39 is 0 Å². The summed E-state index contributed by atoms with van der Waals surface area (Å²) in [5.74, 6) is 0.160. The largest absolute Gasteiger partial charge is 0.409 e. The number of oxime groups is 1. The number of anilines is 1. The van der Waals surface area contributed by atoms with Crippen LogP contribution in [-0.2, 0) is 0 Å². The molecule has 0 aliphatic carbocycles. The molecule has 0 saturated heterocycles. The summed E-state index contributed by atoms with van der Waals surface area (Å²) in [7, 11) is 0. The van der Waals surface area contributed by atoms with E-state index in [2.05, 4.69) is 30.0 Å². The molecule has 0 fully saturated rings. The number of hydrogen-bond acceptors (Lipinski definition) is 3. The normalized spacial score (nSPS) is 11.6. The van der Waals surface area contributed by atoms with Crippen LogP contribution in [-0.4, -0.2) is 24.1 Å². The average molecular weight is 235 g/mol. The number of amidine groups is 1. The van der Waals surface area contributed by atoms with Gasteiger partial charge in [0, 0.05) is 24.3 Å². The van der Waals surface area contributed by atoms with E-state index in [0.717, 1.165) is 30.6 Å². The summed E-state index contributed by atoms with van der Waals surface area (Å²) in [6.07, 6.45) is 1.12. The maximum atomic E-state index is 8.67. The summed E-state index contributed by atoms with van der Waals surface area (Å²) in [5, 5.41) is 11.7. The Morgan fingerprint density at radius 1 is 1.41 bits per heavy atom. The predicted molar refractivity (Wildman–Crippen MR) is 71.9 cm³/mol. The first-order chi connectivity index (χ1) is 8.13. The molecule has 0 amide bonds. The molecule has 0 heterocycles. The second-order valence-corrected chi connectivity index (χ2v) is 4.06. The summed E-state index contributed by atoms with van der Waals surface area (Å²) in [6, 6.07) is 5.99. The smallest absolute Gasteiger partial charge is 0.170 e. The first-order valence-corrected chi connectivity index (χ1v) is 5.97. The van der Waals surface area contributed by atoms with Gasteiger partial charge in [-0.15, -0.1) is 0 Å². The van der Waals surface area contributed by atoms with Crippen molar-refractivity contribution in [1.82, 2.24) is 0 Å². The molecule has 4 nitrogen and oxygen atoms in total. The Balaban J connectivity index is 3.03. The standard InChI is InChI=1S/C13H21N3O/c1-4-8-16(5-2)11-6-7-12(10(3)9-11)13(14)15-17/h6-7,9,17H,4-5,8H2,1-3H3,(H2,14,15). The van der Waals surface area contributed by atoms with Gasteiger partial charge in [-0.25, -0.2) is 0 Å². The van der Waals surface area contributed by atoms with Gasteiger partial charge in [0.15, 0.2) is 5.84 Å². The van der Waals surface area contributed by atoms with Crippen molar-refractivity contribution in [2.45, 2.75) is 27.2 Å². The minimum absolute atomic E-state index is 0.160. The summed E-state index contributed by atoms with van der Waals surface area (Å²) >= 11 is 0. The molecule has 17 heavy (non-hydrogen) atoms. The number of aryl methyl sites for hydroxylation is 1. The number of benzene rings is 1. The van der Waals surface area contributed by atoms with Crippen LogP contribution in [0.25, 0.3) is 0 Å². The second-order valence-electron chi connectivity index (χ2n) is 4.06. The lowest BCUT2D eigenvalue weighted by molar-refractivity contribution is 0.318. The van der Waals surface area contributed by atoms with Crippen LogP contribution in [0.4, 0.5) is 5.69 Å². The molecule has 0 saturated carbocycles. The van der Waals surface area contributed by atoms with Gasteiger partial charge in [0.1, 0.15) is 0 Å². The monoisotopic (exact) mass is 235 g/mol. The van der Waals surface area contributed by atoms with Gasteiger partial charge in [0.2, 0.25) is 0 Å². The zero-order valence-corrected chi connectivity index (χ0v) is 10.8. The minimum Gasteiger partial charge on any atom is -0.409 e. The van der Waals surface area contributed by atoms with Crippen LogP contribution in [0.2, 0.25) is 0 Å². The highest BCUT2D eigenvalue weighted by atomic mass is 16.4. The molecular weight excluding hydrogens is 214 g/mol. The molecule has 0 aromatic heterocycles. The van der Waals surface area contributed by atoms with E-state index in [1.807, 2.05) is 19.1 Å². The Kier molecular flexibility index (Phi) is 4.82. The van der Waals surface area contributed by atoms with Crippen molar-refractivity contribution in [2.24, 2.45) is 10.9 Å². The van der Waals surface area contributed by atoms with Gasteiger partial charge < -0.3 is 15.8 Å². The van der Waals surface area contributed by atoms with E-state index in [4.69, 9.17) is 10.9 Å². The highest BCUT2D eigenvalue weighted by Gasteiger charge is 2.08. The highest BCUT2D eigenvalue weighted by molar-refractivity contribution is 5.98. The lowest BCUT2D eigenvalue weighted by Crippen LogP contribution is -2.24. The molecule has 1 aromatic carbocycles. The van der Waals surface area contributed by atoms with E-state index in [-0.39, 0.29) is 5.84 Å². The molecular formula is C13H21N3O. The summed E-state index contributed by atoms with van der Waals surface area (Å²) in [6.45, 7) is 8.30. The molecule has 94 valence electrons. The topological polar surface area (TPSA) is 61.8 Å². The van der Waals surface area contributed by atoms with Crippen LogP contribution in [0.15, 0.2) is 23.4 Å². The van der Waals surface area contributed by atoms with Gasteiger partial charge in [0.25, 0.3) is 0 Å². The molecule has 0 aliphatic rings. The fourth-order valence-corrected chi connectivity index (χ4v) is 1.93. The predicted octanol–water partition coefficient (Wildman–Crippen LogP) is 2.33. The van der Waals surface area contributed by atoms with Gasteiger partial charge in [-0.1, -0.05) is 12.1 Å². The molecule has 3 N–H and O–H groups in total. The fraction of sp³-hybridized carbons (Fsp3) is 0.462. The lowest BCUT2D eigenvalue weighted by Gasteiger charge is -2.23. The van der Waals surface area contributed by atoms with Gasteiger partial charge >= 0.3 is 0 Å². The first-order valence-electron chi connectivity index (χ1n) is 5.97. The zero-order valence-electron chi connectivity index (χ0n) is 10.8. The zero-order chi connectivity index (χ0) is 12.8. The average Bonchev–Trinajstić information content (AvgIpc) is 2.35. The molecule has 0 radical (unpaired) electrons. The third kappa shape index (κ3) is 3.12. The van der Waals surface area contributed by atoms with Crippen LogP contribution >= 0.6 is 0 Å². The third-order valence-electron chi connectivity index (χ3n) is 2.83. The summed E-state index contributed by atoms with van der Waals surface area (Å²) in [4.78, 5) is 2.31. The maximum absolute atomic E-state index is 8.67. The Hall–Kier alpha value is -1.71. The van der Waals surface area contributed by atoms with Crippen LogP contribution < -0.4 is 10.6 Å². The summed E-state index contributed by atoms with van der Waals surface area (Å²) in [5.41, 5.74) is 8.58. The summed E-state index contributed by atoms with van der Waals surface area (Å²) < 4.78 is 0. The van der Waals surface area contributed by atoms with Gasteiger partial charge in [-0.05, 0) is 44.0 Å². The van der Waals surface area contributed by atoms with Crippen molar-refractivity contribution in [2.75, 3.05) is 18.0 Å². The minimum atomic E-state index is 0.160.